The van der Waals surface area contributed by atoms with Crippen LogP contribution in [0.2, 0.25) is 5.02 Å². The van der Waals surface area contributed by atoms with Crippen molar-refractivity contribution in [2.24, 2.45) is 0 Å². The largest absolute Gasteiger partial charge is 0.309 e. The maximum atomic E-state index is 6.39. The molecule has 1 heterocycles. The van der Waals surface area contributed by atoms with E-state index in [4.69, 9.17) is 11.6 Å². The Morgan fingerprint density at radius 2 is 2.22 bits per heavy atom. The quantitative estimate of drug-likeness (QED) is 0.843. The topological polar surface area (TPSA) is 12.0 Å². The number of benzene rings is 1. The summed E-state index contributed by atoms with van der Waals surface area (Å²) in [7, 11) is 0. The Morgan fingerprint density at radius 1 is 1.44 bits per heavy atom. The Hall–Kier alpha value is -0.180. The van der Waals surface area contributed by atoms with Crippen molar-refractivity contribution in [3.05, 3.63) is 34.9 Å². The molecule has 0 bridgehead atoms. The Bertz CT molecular complexity index is 388. The van der Waals surface area contributed by atoms with Crippen LogP contribution < -0.4 is 5.32 Å². The minimum atomic E-state index is 0.278. The van der Waals surface area contributed by atoms with E-state index >= 15 is 0 Å². The lowest BCUT2D eigenvalue weighted by Crippen LogP contribution is -2.38. The van der Waals surface area contributed by atoms with Crippen LogP contribution in [0.15, 0.2) is 24.3 Å². The van der Waals surface area contributed by atoms with Crippen molar-refractivity contribution in [2.45, 2.75) is 43.9 Å². The van der Waals surface area contributed by atoms with E-state index in [-0.39, 0.29) is 4.75 Å². The number of thioether (sulfide) groups is 1. The molecule has 1 aliphatic heterocycles. The molecule has 3 heteroatoms. The van der Waals surface area contributed by atoms with Gasteiger partial charge in [0.1, 0.15) is 0 Å². The average Bonchev–Trinajstić information content (AvgIpc) is 2.80. The lowest BCUT2D eigenvalue weighted by atomic mass is 9.90. The molecular weight excluding hydrogens is 262 g/mol. The summed E-state index contributed by atoms with van der Waals surface area (Å²) in [6.45, 7) is 5.63. The van der Waals surface area contributed by atoms with Crippen molar-refractivity contribution < 1.29 is 0 Å². The molecule has 1 fully saturated rings. The van der Waals surface area contributed by atoms with E-state index in [0.29, 0.717) is 6.04 Å². The molecule has 1 N–H and O–H groups in total. The molecule has 1 saturated heterocycles. The molecule has 0 amide bonds. The van der Waals surface area contributed by atoms with Crippen LogP contribution in [0, 0.1) is 0 Å². The molecule has 1 aliphatic rings. The summed E-state index contributed by atoms with van der Waals surface area (Å²) in [6.07, 6.45) is 3.74. The van der Waals surface area contributed by atoms with Crippen molar-refractivity contribution in [1.29, 1.82) is 0 Å². The lowest BCUT2D eigenvalue weighted by molar-refractivity contribution is 0.413. The summed E-state index contributed by atoms with van der Waals surface area (Å²) >= 11 is 8.47. The molecule has 2 atom stereocenters. The van der Waals surface area contributed by atoms with Crippen LogP contribution in [-0.4, -0.2) is 17.0 Å². The number of halogens is 1. The van der Waals surface area contributed by atoms with Gasteiger partial charge in [0.15, 0.2) is 0 Å². The Kier molecular flexibility index (Phi) is 4.99. The third-order valence-corrected chi connectivity index (χ3v) is 5.61. The first-order valence-electron chi connectivity index (χ1n) is 6.79. The van der Waals surface area contributed by atoms with Crippen LogP contribution in [0.5, 0.6) is 0 Å². The Labute approximate surface area is 120 Å². The van der Waals surface area contributed by atoms with Gasteiger partial charge in [-0.3, -0.25) is 0 Å². The number of rotatable bonds is 5. The molecule has 2 unspecified atom stereocenters. The van der Waals surface area contributed by atoms with Crippen LogP contribution in [0.1, 0.15) is 44.7 Å². The van der Waals surface area contributed by atoms with Gasteiger partial charge in [0, 0.05) is 15.8 Å². The summed E-state index contributed by atoms with van der Waals surface area (Å²) < 4.78 is 0.278. The number of hydrogen-bond donors (Lipinski definition) is 1. The van der Waals surface area contributed by atoms with Gasteiger partial charge in [0.25, 0.3) is 0 Å². The minimum Gasteiger partial charge on any atom is -0.309 e. The van der Waals surface area contributed by atoms with E-state index in [1.54, 1.807) is 0 Å². The average molecular weight is 284 g/mol. The molecule has 1 nitrogen and oxygen atoms in total. The molecule has 0 aliphatic carbocycles. The number of nitrogens with one attached hydrogen (secondary N) is 1. The zero-order valence-electron chi connectivity index (χ0n) is 11.2. The third kappa shape index (κ3) is 3.04. The van der Waals surface area contributed by atoms with Crippen LogP contribution in [0.4, 0.5) is 0 Å². The third-order valence-electron chi connectivity index (χ3n) is 3.67. The standard InChI is InChI=1S/C15H22ClNS/c1-3-10-17-14(15(2)9-6-11-18-15)12-7-4-5-8-13(12)16/h4-5,7-8,14,17H,3,6,9-11H2,1-2H3. The monoisotopic (exact) mass is 283 g/mol. The highest BCUT2D eigenvalue weighted by atomic mass is 35.5. The second-order valence-corrected chi connectivity index (χ2v) is 7.21. The van der Waals surface area contributed by atoms with Gasteiger partial charge in [-0.05, 0) is 50.1 Å². The van der Waals surface area contributed by atoms with Crippen molar-refractivity contribution in [2.75, 3.05) is 12.3 Å². The normalized spacial score (nSPS) is 25.3. The summed E-state index contributed by atoms with van der Waals surface area (Å²) in [6, 6.07) is 8.62. The van der Waals surface area contributed by atoms with Gasteiger partial charge in [-0.1, -0.05) is 36.7 Å². The smallest absolute Gasteiger partial charge is 0.0481 e. The maximum absolute atomic E-state index is 6.39. The molecule has 0 aromatic heterocycles. The van der Waals surface area contributed by atoms with Crippen molar-refractivity contribution >= 4 is 23.4 Å². The van der Waals surface area contributed by atoms with E-state index in [2.05, 4.69) is 43.1 Å². The Balaban J connectivity index is 2.27. The molecule has 18 heavy (non-hydrogen) atoms. The fourth-order valence-corrected chi connectivity index (χ4v) is 4.35. The molecule has 0 saturated carbocycles. The van der Waals surface area contributed by atoms with Gasteiger partial charge >= 0.3 is 0 Å². The molecule has 0 radical (unpaired) electrons. The summed E-state index contributed by atoms with van der Waals surface area (Å²) in [5, 5.41) is 4.59. The minimum absolute atomic E-state index is 0.278. The van der Waals surface area contributed by atoms with Crippen LogP contribution in [-0.2, 0) is 0 Å². The van der Waals surface area contributed by atoms with E-state index < -0.39 is 0 Å². The van der Waals surface area contributed by atoms with Gasteiger partial charge in [-0.2, -0.15) is 11.8 Å². The maximum Gasteiger partial charge on any atom is 0.0481 e. The summed E-state index contributed by atoms with van der Waals surface area (Å²) in [5.74, 6) is 1.27. The highest BCUT2D eigenvalue weighted by Crippen LogP contribution is 2.47. The fraction of sp³-hybridized carbons (Fsp3) is 0.600. The molecule has 1 aromatic rings. The highest BCUT2D eigenvalue weighted by molar-refractivity contribution is 8.00. The molecule has 1 aromatic carbocycles. The molecular formula is C15H22ClNS. The highest BCUT2D eigenvalue weighted by Gasteiger charge is 2.39. The lowest BCUT2D eigenvalue weighted by Gasteiger charge is -2.35. The SMILES string of the molecule is CCCNC(c1ccccc1Cl)C1(C)CCCS1. The predicted octanol–water partition coefficient (Wildman–Crippen LogP) is 4.67. The molecule has 0 spiro atoms. The zero-order valence-corrected chi connectivity index (χ0v) is 12.8. The van der Waals surface area contributed by atoms with Crippen LogP contribution >= 0.6 is 23.4 Å². The second kappa shape index (κ2) is 6.31. The van der Waals surface area contributed by atoms with E-state index in [1.165, 1.54) is 24.2 Å². The van der Waals surface area contributed by atoms with Gasteiger partial charge < -0.3 is 5.32 Å². The Morgan fingerprint density at radius 3 is 2.83 bits per heavy atom. The predicted molar refractivity (Wildman–Crippen MR) is 82.6 cm³/mol. The van der Waals surface area contributed by atoms with Gasteiger partial charge in [-0.15, -0.1) is 0 Å². The van der Waals surface area contributed by atoms with Gasteiger partial charge in [0.2, 0.25) is 0 Å². The first-order valence-corrected chi connectivity index (χ1v) is 8.15. The van der Waals surface area contributed by atoms with E-state index in [0.717, 1.165) is 18.0 Å². The zero-order chi connectivity index (χ0) is 13.0. The first-order chi connectivity index (χ1) is 8.67. The van der Waals surface area contributed by atoms with Gasteiger partial charge in [-0.25, -0.2) is 0 Å². The van der Waals surface area contributed by atoms with Crippen molar-refractivity contribution in [3.63, 3.8) is 0 Å². The fourth-order valence-electron chi connectivity index (χ4n) is 2.68. The van der Waals surface area contributed by atoms with Gasteiger partial charge in [0.05, 0.1) is 0 Å². The first kappa shape index (κ1) is 14.2. The summed E-state index contributed by atoms with van der Waals surface area (Å²) in [4.78, 5) is 0. The molecule has 100 valence electrons. The second-order valence-electron chi connectivity index (χ2n) is 5.17. The molecule has 2 rings (SSSR count). The van der Waals surface area contributed by atoms with E-state index in [1.807, 2.05) is 12.1 Å². The van der Waals surface area contributed by atoms with Crippen molar-refractivity contribution in [3.8, 4) is 0 Å². The summed E-state index contributed by atoms with van der Waals surface area (Å²) in [5.41, 5.74) is 1.25. The van der Waals surface area contributed by atoms with Crippen LogP contribution in [0.3, 0.4) is 0 Å². The van der Waals surface area contributed by atoms with Crippen molar-refractivity contribution in [1.82, 2.24) is 5.32 Å². The number of hydrogen-bond acceptors (Lipinski definition) is 2. The van der Waals surface area contributed by atoms with Crippen LogP contribution in [0.25, 0.3) is 0 Å². The van der Waals surface area contributed by atoms with E-state index in [9.17, 15) is 0 Å².